The van der Waals surface area contributed by atoms with Crippen molar-refractivity contribution in [1.82, 2.24) is 10.2 Å². The number of nitrogens with one attached hydrogen (secondary N) is 1. The first kappa shape index (κ1) is 21.2. The van der Waals surface area contributed by atoms with E-state index in [-0.39, 0.29) is 24.2 Å². The SMILES string of the molecule is CCN(CC)C(=O)CCCC(=O)NCCc1ccc(N)cc1.Cl. The zero-order valence-electron chi connectivity index (χ0n) is 14.0. The first-order valence-corrected chi connectivity index (χ1v) is 7.95. The highest BCUT2D eigenvalue weighted by Crippen LogP contribution is 2.05. The largest absolute Gasteiger partial charge is 0.399 e. The Bertz CT molecular complexity index is 473. The maximum atomic E-state index is 11.8. The molecule has 2 amide bonds. The summed E-state index contributed by atoms with van der Waals surface area (Å²) in [5.74, 6) is 0.127. The van der Waals surface area contributed by atoms with E-state index in [1.165, 1.54) is 0 Å². The second-order valence-electron chi connectivity index (χ2n) is 5.26. The molecule has 1 rings (SSSR count). The molecule has 130 valence electrons. The second-order valence-corrected chi connectivity index (χ2v) is 5.26. The molecular formula is C17H28ClN3O2. The van der Waals surface area contributed by atoms with Gasteiger partial charge in [0, 0.05) is 38.2 Å². The van der Waals surface area contributed by atoms with Gasteiger partial charge in [0.2, 0.25) is 11.8 Å². The molecule has 0 saturated carbocycles. The van der Waals surface area contributed by atoms with Gasteiger partial charge in [-0.2, -0.15) is 0 Å². The average molecular weight is 342 g/mol. The lowest BCUT2D eigenvalue weighted by atomic mass is 10.1. The Morgan fingerprint density at radius 3 is 2.26 bits per heavy atom. The lowest BCUT2D eigenvalue weighted by Gasteiger charge is -2.18. The molecule has 0 atom stereocenters. The van der Waals surface area contributed by atoms with Crippen LogP contribution in [0.5, 0.6) is 0 Å². The van der Waals surface area contributed by atoms with E-state index < -0.39 is 0 Å². The first-order chi connectivity index (χ1) is 10.6. The Labute approximate surface area is 145 Å². The van der Waals surface area contributed by atoms with Crippen LogP contribution in [0.15, 0.2) is 24.3 Å². The summed E-state index contributed by atoms with van der Waals surface area (Å²) < 4.78 is 0. The number of carbonyl (C=O) groups excluding carboxylic acids is 2. The number of anilines is 1. The molecule has 0 aliphatic rings. The zero-order chi connectivity index (χ0) is 16.4. The molecule has 1 aromatic rings. The Hall–Kier alpha value is -1.75. The second kappa shape index (κ2) is 11.8. The molecule has 6 heteroatoms. The number of nitrogen functional groups attached to an aromatic ring is 1. The molecule has 1 aromatic carbocycles. The molecule has 0 bridgehead atoms. The molecule has 0 aliphatic carbocycles. The van der Waals surface area contributed by atoms with Crippen LogP contribution in [0, 0.1) is 0 Å². The topological polar surface area (TPSA) is 75.4 Å². The number of carbonyl (C=O) groups is 2. The highest BCUT2D eigenvalue weighted by molar-refractivity contribution is 5.85. The minimum atomic E-state index is 0. The van der Waals surface area contributed by atoms with Crippen molar-refractivity contribution in [2.24, 2.45) is 0 Å². The number of nitrogens with two attached hydrogens (primary N) is 1. The van der Waals surface area contributed by atoms with Crippen LogP contribution < -0.4 is 11.1 Å². The molecule has 0 fully saturated rings. The summed E-state index contributed by atoms with van der Waals surface area (Å²) in [6, 6.07) is 7.64. The minimum Gasteiger partial charge on any atom is -0.399 e. The zero-order valence-corrected chi connectivity index (χ0v) is 14.8. The van der Waals surface area contributed by atoms with Crippen LogP contribution in [0.1, 0.15) is 38.7 Å². The molecule has 0 saturated heterocycles. The third kappa shape index (κ3) is 8.45. The summed E-state index contributed by atoms with van der Waals surface area (Å²) in [5, 5.41) is 2.88. The fraction of sp³-hybridized carbons (Fsp3) is 0.529. The van der Waals surface area contributed by atoms with Gasteiger partial charge in [0.05, 0.1) is 0 Å². The number of hydrogen-bond donors (Lipinski definition) is 2. The van der Waals surface area contributed by atoms with Gasteiger partial charge in [0.1, 0.15) is 0 Å². The minimum absolute atomic E-state index is 0. The number of amides is 2. The van der Waals surface area contributed by atoms with Crippen LogP contribution in [0.4, 0.5) is 5.69 Å². The highest BCUT2D eigenvalue weighted by Gasteiger charge is 2.10. The van der Waals surface area contributed by atoms with E-state index in [9.17, 15) is 9.59 Å². The van der Waals surface area contributed by atoms with Gasteiger partial charge in [-0.05, 0) is 44.4 Å². The van der Waals surface area contributed by atoms with Crippen LogP contribution in [0.25, 0.3) is 0 Å². The van der Waals surface area contributed by atoms with Gasteiger partial charge in [0.15, 0.2) is 0 Å². The quantitative estimate of drug-likeness (QED) is 0.677. The molecule has 0 aromatic heterocycles. The monoisotopic (exact) mass is 341 g/mol. The van der Waals surface area contributed by atoms with Crippen molar-refractivity contribution in [2.45, 2.75) is 39.5 Å². The number of hydrogen-bond acceptors (Lipinski definition) is 3. The van der Waals surface area contributed by atoms with Crippen molar-refractivity contribution in [3.8, 4) is 0 Å². The molecule has 0 heterocycles. The summed E-state index contributed by atoms with van der Waals surface area (Å²) in [7, 11) is 0. The number of benzene rings is 1. The van der Waals surface area contributed by atoms with Crippen LogP contribution in [-0.2, 0) is 16.0 Å². The Morgan fingerprint density at radius 1 is 1.09 bits per heavy atom. The lowest BCUT2D eigenvalue weighted by molar-refractivity contribution is -0.131. The smallest absolute Gasteiger partial charge is 0.222 e. The molecule has 0 aliphatic heterocycles. The van der Waals surface area contributed by atoms with Gasteiger partial charge in [-0.15, -0.1) is 12.4 Å². The molecule has 0 unspecified atom stereocenters. The van der Waals surface area contributed by atoms with Crippen molar-refractivity contribution in [1.29, 1.82) is 0 Å². The van der Waals surface area contributed by atoms with Gasteiger partial charge in [-0.3, -0.25) is 9.59 Å². The maximum Gasteiger partial charge on any atom is 0.222 e. The van der Waals surface area contributed by atoms with E-state index in [1.807, 2.05) is 38.1 Å². The number of nitrogens with zero attached hydrogens (tertiary/aromatic N) is 1. The summed E-state index contributed by atoms with van der Waals surface area (Å²) in [5.41, 5.74) is 7.51. The maximum absolute atomic E-state index is 11.8. The van der Waals surface area contributed by atoms with Crippen LogP contribution in [0.2, 0.25) is 0 Å². The average Bonchev–Trinajstić information content (AvgIpc) is 2.50. The van der Waals surface area contributed by atoms with E-state index in [4.69, 9.17) is 5.73 Å². The highest BCUT2D eigenvalue weighted by atomic mass is 35.5. The normalized spacial score (nSPS) is 9.83. The van der Waals surface area contributed by atoms with Crippen LogP contribution >= 0.6 is 12.4 Å². The van der Waals surface area contributed by atoms with Crippen LogP contribution in [-0.4, -0.2) is 36.3 Å². The predicted molar refractivity (Wildman–Crippen MR) is 96.6 cm³/mol. The van der Waals surface area contributed by atoms with Gasteiger partial charge in [-0.25, -0.2) is 0 Å². The van der Waals surface area contributed by atoms with Gasteiger partial charge < -0.3 is 16.0 Å². The molecule has 0 spiro atoms. The lowest BCUT2D eigenvalue weighted by Crippen LogP contribution is -2.31. The number of rotatable bonds is 9. The molecule has 3 N–H and O–H groups in total. The van der Waals surface area contributed by atoms with Gasteiger partial charge >= 0.3 is 0 Å². The standard InChI is InChI=1S/C17H27N3O2.ClH/c1-3-20(4-2)17(22)7-5-6-16(21)19-13-12-14-8-10-15(18)11-9-14;/h8-11H,3-7,12-13,18H2,1-2H3,(H,19,21);1H. The van der Waals surface area contributed by atoms with Gasteiger partial charge in [-0.1, -0.05) is 12.1 Å². The summed E-state index contributed by atoms with van der Waals surface area (Å²) in [6.45, 7) is 5.98. The van der Waals surface area contributed by atoms with E-state index in [0.717, 1.165) is 30.8 Å². The Morgan fingerprint density at radius 2 is 1.70 bits per heavy atom. The van der Waals surface area contributed by atoms with E-state index in [2.05, 4.69) is 5.32 Å². The van der Waals surface area contributed by atoms with Crippen molar-refractivity contribution in [3.05, 3.63) is 29.8 Å². The third-order valence-corrected chi connectivity index (χ3v) is 3.63. The van der Waals surface area contributed by atoms with Crippen LogP contribution in [0.3, 0.4) is 0 Å². The van der Waals surface area contributed by atoms with Gasteiger partial charge in [0.25, 0.3) is 0 Å². The van der Waals surface area contributed by atoms with Crippen molar-refractivity contribution in [3.63, 3.8) is 0 Å². The van der Waals surface area contributed by atoms with E-state index in [1.54, 1.807) is 4.90 Å². The molecule has 23 heavy (non-hydrogen) atoms. The van der Waals surface area contributed by atoms with Crippen molar-refractivity contribution >= 4 is 29.9 Å². The van der Waals surface area contributed by atoms with E-state index in [0.29, 0.717) is 25.8 Å². The summed E-state index contributed by atoms with van der Waals surface area (Å²) in [6.07, 6.45) is 2.22. The third-order valence-electron chi connectivity index (χ3n) is 3.63. The summed E-state index contributed by atoms with van der Waals surface area (Å²) in [4.78, 5) is 25.3. The molecular weight excluding hydrogens is 314 g/mol. The number of halogens is 1. The fourth-order valence-electron chi connectivity index (χ4n) is 2.25. The van der Waals surface area contributed by atoms with Crippen molar-refractivity contribution in [2.75, 3.05) is 25.4 Å². The molecule has 0 radical (unpaired) electrons. The Kier molecular flexibility index (Phi) is 10.9. The fourth-order valence-corrected chi connectivity index (χ4v) is 2.25. The first-order valence-electron chi connectivity index (χ1n) is 7.95. The molecule has 5 nitrogen and oxygen atoms in total. The van der Waals surface area contributed by atoms with Crippen molar-refractivity contribution < 1.29 is 9.59 Å². The predicted octanol–water partition coefficient (Wildman–Crippen LogP) is 2.39. The van der Waals surface area contributed by atoms with E-state index >= 15 is 0 Å². The summed E-state index contributed by atoms with van der Waals surface area (Å²) >= 11 is 0. The Balaban J connectivity index is 0.00000484.